The number of carbonyl (C=O) groups is 1. The third-order valence-electron chi connectivity index (χ3n) is 3.73. The minimum absolute atomic E-state index is 0.127. The maximum absolute atomic E-state index is 12.5. The Balaban J connectivity index is 1.77. The van der Waals surface area contributed by atoms with Crippen molar-refractivity contribution in [3.05, 3.63) is 94.5 Å². The van der Waals surface area contributed by atoms with Crippen LogP contribution in [-0.4, -0.2) is 14.3 Å². The van der Waals surface area contributed by atoms with Gasteiger partial charge in [-0.05, 0) is 48.0 Å². The molecule has 4 nitrogen and oxygen atoms in total. The highest BCUT2D eigenvalue weighted by molar-refractivity contribution is 9.10. The van der Waals surface area contributed by atoms with Gasteiger partial charge in [0, 0.05) is 15.7 Å². The van der Waals surface area contributed by atoms with Gasteiger partial charge in [0.2, 0.25) is 0 Å². The molecule has 1 N–H and O–H groups in total. The van der Waals surface area contributed by atoms with Crippen LogP contribution < -0.4 is 5.32 Å². The van der Waals surface area contributed by atoms with E-state index < -0.39 is 9.84 Å². The summed E-state index contributed by atoms with van der Waals surface area (Å²) in [6.07, 6.45) is 0. The number of nitrogens with one attached hydrogen (secondary N) is 1. The van der Waals surface area contributed by atoms with E-state index in [4.69, 9.17) is 0 Å². The Labute approximate surface area is 160 Å². The van der Waals surface area contributed by atoms with Crippen molar-refractivity contribution in [3.8, 4) is 0 Å². The molecular formula is C20H16BrNO3S. The molecule has 3 rings (SSSR count). The van der Waals surface area contributed by atoms with E-state index in [1.54, 1.807) is 72.8 Å². The molecule has 26 heavy (non-hydrogen) atoms. The number of benzene rings is 3. The Hall–Kier alpha value is -2.44. The Morgan fingerprint density at radius 2 is 1.62 bits per heavy atom. The fraction of sp³-hybridized carbons (Fsp3) is 0.0500. The van der Waals surface area contributed by atoms with Crippen LogP contribution in [0.25, 0.3) is 0 Å². The second-order valence-corrected chi connectivity index (χ2v) is 8.64. The molecule has 0 atom stereocenters. The van der Waals surface area contributed by atoms with Gasteiger partial charge in [0.25, 0.3) is 5.91 Å². The molecule has 0 unspecified atom stereocenters. The molecule has 6 heteroatoms. The van der Waals surface area contributed by atoms with E-state index in [1.165, 1.54) is 0 Å². The summed E-state index contributed by atoms with van der Waals surface area (Å²) < 4.78 is 25.8. The molecular weight excluding hydrogens is 414 g/mol. The second kappa shape index (κ2) is 7.85. The first-order valence-electron chi connectivity index (χ1n) is 7.88. The van der Waals surface area contributed by atoms with Crippen LogP contribution in [0.1, 0.15) is 15.9 Å². The molecule has 0 aliphatic carbocycles. The maximum Gasteiger partial charge on any atom is 0.255 e. The summed E-state index contributed by atoms with van der Waals surface area (Å²) in [5.41, 5.74) is 1.68. The van der Waals surface area contributed by atoms with Gasteiger partial charge in [-0.3, -0.25) is 4.79 Å². The van der Waals surface area contributed by atoms with Crippen molar-refractivity contribution in [3.63, 3.8) is 0 Å². The number of anilines is 1. The van der Waals surface area contributed by atoms with Crippen LogP contribution in [0.3, 0.4) is 0 Å². The first kappa shape index (κ1) is 18.4. The van der Waals surface area contributed by atoms with Gasteiger partial charge in [0.15, 0.2) is 9.84 Å². The van der Waals surface area contributed by atoms with Crippen LogP contribution in [0.15, 0.2) is 88.2 Å². The number of hydrogen-bond acceptors (Lipinski definition) is 3. The summed E-state index contributed by atoms with van der Waals surface area (Å²) in [6.45, 7) is 0. The SMILES string of the molecule is O=C(Nc1cccc(CS(=O)(=O)c2ccccc2)c1)c1cccc(Br)c1. The standard InChI is InChI=1S/C20H16BrNO3S/c21-17-8-5-7-16(13-17)20(23)22-18-9-4-6-15(12-18)14-26(24,25)19-10-2-1-3-11-19/h1-13H,14H2,(H,22,23). The van der Waals surface area contributed by atoms with E-state index >= 15 is 0 Å². The van der Waals surface area contributed by atoms with Gasteiger partial charge < -0.3 is 5.32 Å². The molecule has 0 fully saturated rings. The van der Waals surface area contributed by atoms with E-state index in [0.717, 1.165) is 4.47 Å². The van der Waals surface area contributed by atoms with Crippen molar-refractivity contribution in [2.24, 2.45) is 0 Å². The number of sulfone groups is 1. The van der Waals surface area contributed by atoms with E-state index in [2.05, 4.69) is 21.2 Å². The molecule has 0 aliphatic heterocycles. The van der Waals surface area contributed by atoms with Crippen LogP contribution in [0.4, 0.5) is 5.69 Å². The fourth-order valence-corrected chi connectivity index (χ4v) is 4.26. The van der Waals surface area contributed by atoms with E-state index in [-0.39, 0.29) is 16.6 Å². The maximum atomic E-state index is 12.5. The molecule has 0 aliphatic rings. The molecule has 0 spiro atoms. The normalized spacial score (nSPS) is 11.1. The third kappa shape index (κ3) is 4.59. The zero-order chi connectivity index (χ0) is 18.6. The monoisotopic (exact) mass is 429 g/mol. The lowest BCUT2D eigenvalue weighted by atomic mass is 10.2. The first-order chi connectivity index (χ1) is 12.4. The summed E-state index contributed by atoms with van der Waals surface area (Å²) in [5, 5.41) is 2.80. The van der Waals surface area contributed by atoms with Crippen LogP contribution in [0, 0.1) is 0 Å². The molecule has 3 aromatic carbocycles. The lowest BCUT2D eigenvalue weighted by Crippen LogP contribution is -2.12. The third-order valence-corrected chi connectivity index (χ3v) is 5.93. The van der Waals surface area contributed by atoms with Gasteiger partial charge in [0.05, 0.1) is 10.6 Å². The number of carbonyl (C=O) groups excluding carboxylic acids is 1. The van der Waals surface area contributed by atoms with E-state index in [9.17, 15) is 13.2 Å². The second-order valence-electron chi connectivity index (χ2n) is 5.74. The number of amides is 1. The quantitative estimate of drug-likeness (QED) is 0.640. The van der Waals surface area contributed by atoms with E-state index in [0.29, 0.717) is 16.8 Å². The highest BCUT2D eigenvalue weighted by Crippen LogP contribution is 2.19. The van der Waals surface area contributed by atoms with Crippen LogP contribution in [0.2, 0.25) is 0 Å². The molecule has 0 radical (unpaired) electrons. The Morgan fingerprint density at radius 3 is 2.35 bits per heavy atom. The Kier molecular flexibility index (Phi) is 5.54. The van der Waals surface area contributed by atoms with Gasteiger partial charge in [-0.2, -0.15) is 0 Å². The smallest absolute Gasteiger partial charge is 0.255 e. The lowest BCUT2D eigenvalue weighted by Gasteiger charge is -2.09. The van der Waals surface area contributed by atoms with Crippen molar-refractivity contribution in [1.29, 1.82) is 0 Å². The van der Waals surface area contributed by atoms with Crippen LogP contribution >= 0.6 is 15.9 Å². The van der Waals surface area contributed by atoms with Gasteiger partial charge >= 0.3 is 0 Å². The zero-order valence-corrected chi connectivity index (χ0v) is 16.1. The predicted molar refractivity (Wildman–Crippen MR) is 106 cm³/mol. The molecule has 0 heterocycles. The van der Waals surface area contributed by atoms with Crippen molar-refractivity contribution < 1.29 is 13.2 Å². The average molecular weight is 430 g/mol. The highest BCUT2D eigenvalue weighted by Gasteiger charge is 2.15. The van der Waals surface area contributed by atoms with Crippen molar-refractivity contribution in [2.45, 2.75) is 10.6 Å². The molecule has 0 saturated heterocycles. The average Bonchev–Trinajstić information content (AvgIpc) is 2.62. The van der Waals surface area contributed by atoms with Crippen molar-refractivity contribution in [1.82, 2.24) is 0 Å². The Bertz CT molecular complexity index is 1030. The molecule has 0 bridgehead atoms. The fourth-order valence-electron chi connectivity index (χ4n) is 2.50. The molecule has 0 saturated carbocycles. The van der Waals surface area contributed by atoms with Crippen molar-refractivity contribution >= 4 is 37.4 Å². The zero-order valence-electron chi connectivity index (χ0n) is 13.7. The van der Waals surface area contributed by atoms with Gasteiger partial charge in [-0.25, -0.2) is 8.42 Å². The molecule has 3 aromatic rings. The van der Waals surface area contributed by atoms with Gasteiger partial charge in [-0.1, -0.05) is 52.3 Å². The summed E-state index contributed by atoms with van der Waals surface area (Å²) >= 11 is 3.34. The topological polar surface area (TPSA) is 63.2 Å². The predicted octanol–water partition coefficient (Wildman–Crippen LogP) is 4.68. The first-order valence-corrected chi connectivity index (χ1v) is 10.3. The summed E-state index contributed by atoms with van der Waals surface area (Å²) in [5.74, 6) is -0.383. The van der Waals surface area contributed by atoms with E-state index in [1.807, 2.05) is 6.07 Å². The van der Waals surface area contributed by atoms with Crippen LogP contribution in [0.5, 0.6) is 0 Å². The molecule has 132 valence electrons. The van der Waals surface area contributed by atoms with Crippen LogP contribution in [-0.2, 0) is 15.6 Å². The number of halogens is 1. The largest absolute Gasteiger partial charge is 0.322 e. The van der Waals surface area contributed by atoms with Gasteiger partial charge in [-0.15, -0.1) is 0 Å². The minimum atomic E-state index is -3.44. The summed E-state index contributed by atoms with van der Waals surface area (Å²) in [6, 6.07) is 22.2. The number of hydrogen-bond donors (Lipinski definition) is 1. The highest BCUT2D eigenvalue weighted by atomic mass is 79.9. The summed E-state index contributed by atoms with van der Waals surface area (Å²) in [7, 11) is -3.44. The lowest BCUT2D eigenvalue weighted by molar-refractivity contribution is 0.102. The van der Waals surface area contributed by atoms with Crippen molar-refractivity contribution in [2.75, 3.05) is 5.32 Å². The number of rotatable bonds is 5. The molecule has 1 amide bonds. The molecule has 0 aromatic heterocycles. The summed E-state index contributed by atoms with van der Waals surface area (Å²) in [4.78, 5) is 12.6. The minimum Gasteiger partial charge on any atom is -0.322 e. The Morgan fingerprint density at radius 1 is 0.885 bits per heavy atom. The van der Waals surface area contributed by atoms with Gasteiger partial charge in [0.1, 0.15) is 0 Å².